The molecule has 0 saturated heterocycles. The molecule has 0 spiro atoms. The van der Waals surface area contributed by atoms with Crippen LogP contribution in [0.15, 0.2) is 42.9 Å². The summed E-state index contributed by atoms with van der Waals surface area (Å²) in [7, 11) is 0. The maximum atomic E-state index is 11.9. The summed E-state index contributed by atoms with van der Waals surface area (Å²) in [5, 5.41) is 7.30. The van der Waals surface area contributed by atoms with Crippen LogP contribution in [0.1, 0.15) is 29.4 Å². The van der Waals surface area contributed by atoms with Gasteiger partial charge >= 0.3 is 0 Å². The van der Waals surface area contributed by atoms with E-state index in [-0.39, 0.29) is 5.91 Å². The maximum Gasteiger partial charge on any atom is 0.270 e. The Labute approximate surface area is 140 Å². The Morgan fingerprint density at radius 2 is 2.08 bits per heavy atom. The summed E-state index contributed by atoms with van der Waals surface area (Å²) in [6, 6.07) is 9.92. The number of nitrogens with zero attached hydrogens (tertiary/aromatic N) is 2. The summed E-state index contributed by atoms with van der Waals surface area (Å²) in [5.41, 5.74) is 2.78. The van der Waals surface area contributed by atoms with Crippen LogP contribution in [-0.4, -0.2) is 33.9 Å². The summed E-state index contributed by atoms with van der Waals surface area (Å²) in [6.45, 7) is 3.39. The van der Waals surface area contributed by atoms with Crippen LogP contribution in [0, 0.1) is 0 Å². The van der Waals surface area contributed by atoms with E-state index in [0.29, 0.717) is 18.1 Å². The van der Waals surface area contributed by atoms with Crippen LogP contribution in [0.5, 0.6) is 0 Å². The summed E-state index contributed by atoms with van der Waals surface area (Å²) in [6.07, 6.45) is 5.21. The number of carbonyl (C=O) groups is 1. The molecule has 0 aliphatic carbocycles. The lowest BCUT2D eigenvalue weighted by Crippen LogP contribution is -2.25. The molecular weight excluding hydrogens is 302 g/mol. The summed E-state index contributed by atoms with van der Waals surface area (Å²) in [5.74, 6) is 0.491. The van der Waals surface area contributed by atoms with E-state index in [0.717, 1.165) is 24.9 Å². The van der Waals surface area contributed by atoms with Crippen LogP contribution >= 0.6 is 0 Å². The lowest BCUT2D eigenvalue weighted by molar-refractivity contribution is 0.0948. The maximum absolute atomic E-state index is 11.9. The van der Waals surface area contributed by atoms with Gasteiger partial charge in [-0.05, 0) is 24.5 Å². The Balaban J connectivity index is 1.59. The Bertz CT molecular complexity index is 827. The van der Waals surface area contributed by atoms with Gasteiger partial charge in [0.2, 0.25) is 0 Å². The highest BCUT2D eigenvalue weighted by atomic mass is 16.1. The molecule has 3 N–H and O–H groups in total. The quantitative estimate of drug-likeness (QED) is 0.624. The van der Waals surface area contributed by atoms with Crippen molar-refractivity contribution in [3.63, 3.8) is 0 Å². The summed E-state index contributed by atoms with van der Waals surface area (Å²) < 4.78 is 0. The van der Waals surface area contributed by atoms with E-state index in [1.165, 1.54) is 17.3 Å². The summed E-state index contributed by atoms with van der Waals surface area (Å²) >= 11 is 0. The Morgan fingerprint density at radius 1 is 1.21 bits per heavy atom. The van der Waals surface area contributed by atoms with Crippen molar-refractivity contribution in [2.75, 3.05) is 18.4 Å². The zero-order valence-corrected chi connectivity index (χ0v) is 13.7. The van der Waals surface area contributed by atoms with Crippen molar-refractivity contribution in [1.29, 1.82) is 0 Å². The first-order valence-corrected chi connectivity index (χ1v) is 8.17. The molecule has 3 rings (SSSR count). The number of rotatable bonds is 7. The molecule has 0 radical (unpaired) electrons. The molecular formula is C18H21N5O. The van der Waals surface area contributed by atoms with Crippen molar-refractivity contribution >= 4 is 22.6 Å². The van der Waals surface area contributed by atoms with Crippen molar-refractivity contribution < 1.29 is 4.79 Å². The highest BCUT2D eigenvalue weighted by Gasteiger charge is 2.08. The molecule has 2 aromatic heterocycles. The molecule has 0 fully saturated rings. The van der Waals surface area contributed by atoms with Gasteiger partial charge in [-0.2, -0.15) is 0 Å². The van der Waals surface area contributed by atoms with Gasteiger partial charge in [0.05, 0.1) is 0 Å². The van der Waals surface area contributed by atoms with E-state index in [2.05, 4.69) is 37.7 Å². The molecule has 0 aliphatic rings. The van der Waals surface area contributed by atoms with E-state index < -0.39 is 0 Å². The number of fused-ring (bicyclic) bond motifs is 1. The smallest absolute Gasteiger partial charge is 0.270 e. The molecule has 0 atom stereocenters. The van der Waals surface area contributed by atoms with Crippen LogP contribution in [0.2, 0.25) is 0 Å². The third kappa shape index (κ3) is 3.71. The zero-order chi connectivity index (χ0) is 16.8. The molecule has 6 nitrogen and oxygen atoms in total. The van der Waals surface area contributed by atoms with E-state index in [1.54, 1.807) is 6.07 Å². The molecule has 24 heavy (non-hydrogen) atoms. The topological polar surface area (TPSA) is 82.7 Å². The van der Waals surface area contributed by atoms with Gasteiger partial charge in [-0.3, -0.25) is 4.79 Å². The molecule has 1 amide bonds. The van der Waals surface area contributed by atoms with Gasteiger partial charge < -0.3 is 15.6 Å². The first-order valence-electron chi connectivity index (χ1n) is 8.17. The minimum absolute atomic E-state index is 0.168. The normalized spacial score (nSPS) is 10.7. The van der Waals surface area contributed by atoms with E-state index in [1.807, 2.05) is 25.3 Å². The van der Waals surface area contributed by atoms with Crippen molar-refractivity contribution in [2.24, 2.45) is 0 Å². The Kier molecular flexibility index (Phi) is 5.05. The van der Waals surface area contributed by atoms with E-state index in [9.17, 15) is 4.79 Å². The first kappa shape index (κ1) is 16.0. The zero-order valence-electron chi connectivity index (χ0n) is 13.7. The van der Waals surface area contributed by atoms with Gasteiger partial charge in [0.15, 0.2) is 0 Å². The molecule has 0 saturated carbocycles. The van der Waals surface area contributed by atoms with Crippen LogP contribution in [0.25, 0.3) is 10.9 Å². The number of benzene rings is 1. The van der Waals surface area contributed by atoms with Crippen molar-refractivity contribution in [1.82, 2.24) is 20.3 Å². The monoisotopic (exact) mass is 323 g/mol. The fraction of sp³-hybridized carbons (Fsp3) is 0.278. The number of nitrogens with one attached hydrogen (secondary N) is 3. The number of anilines is 1. The Hall–Kier alpha value is -2.89. The molecule has 3 aromatic rings. The van der Waals surface area contributed by atoms with Crippen LogP contribution in [0.4, 0.5) is 5.82 Å². The Morgan fingerprint density at radius 3 is 2.96 bits per heavy atom. The van der Waals surface area contributed by atoms with Gasteiger partial charge in [0.1, 0.15) is 17.8 Å². The second kappa shape index (κ2) is 7.59. The number of hydrogen-bond acceptors (Lipinski definition) is 4. The molecule has 0 unspecified atom stereocenters. The van der Waals surface area contributed by atoms with Gasteiger partial charge in [-0.25, -0.2) is 9.97 Å². The number of carbonyl (C=O) groups excluding carboxylic acids is 1. The standard InChI is InChI=1S/C18H21N5O/c1-2-8-20-18(24)16-10-17(23-12-22-16)19-9-7-13-11-21-15-6-4-3-5-14(13)15/h3-6,10-12,21H,2,7-9H2,1H3,(H,20,24)(H,19,22,23). The fourth-order valence-corrected chi connectivity index (χ4v) is 2.57. The molecule has 1 aromatic carbocycles. The number of hydrogen-bond donors (Lipinski definition) is 3. The number of H-pyrrole nitrogens is 1. The van der Waals surface area contributed by atoms with Gasteiger partial charge in [0.25, 0.3) is 5.91 Å². The number of para-hydroxylation sites is 1. The fourth-order valence-electron chi connectivity index (χ4n) is 2.57. The van der Waals surface area contributed by atoms with Crippen molar-refractivity contribution in [3.05, 3.63) is 54.1 Å². The van der Waals surface area contributed by atoms with Gasteiger partial charge in [0, 0.05) is 36.3 Å². The lowest BCUT2D eigenvalue weighted by atomic mass is 10.1. The van der Waals surface area contributed by atoms with Gasteiger partial charge in [-0.1, -0.05) is 25.1 Å². The van der Waals surface area contributed by atoms with E-state index in [4.69, 9.17) is 0 Å². The highest BCUT2D eigenvalue weighted by molar-refractivity contribution is 5.92. The number of amides is 1. The molecule has 6 heteroatoms. The second-order valence-electron chi connectivity index (χ2n) is 5.58. The minimum atomic E-state index is -0.168. The SMILES string of the molecule is CCCNC(=O)c1cc(NCCc2c[nH]c3ccccc23)ncn1. The third-order valence-electron chi connectivity index (χ3n) is 3.81. The molecule has 2 heterocycles. The van der Waals surface area contributed by atoms with Gasteiger partial charge in [-0.15, -0.1) is 0 Å². The molecule has 0 bridgehead atoms. The minimum Gasteiger partial charge on any atom is -0.370 e. The first-order chi connectivity index (χ1) is 11.8. The predicted octanol–water partition coefficient (Wildman–Crippen LogP) is 2.75. The largest absolute Gasteiger partial charge is 0.370 e. The molecule has 0 aliphatic heterocycles. The average molecular weight is 323 g/mol. The lowest BCUT2D eigenvalue weighted by Gasteiger charge is -2.07. The van der Waals surface area contributed by atoms with Crippen LogP contribution < -0.4 is 10.6 Å². The number of aromatic nitrogens is 3. The molecule has 124 valence electrons. The average Bonchev–Trinajstić information content (AvgIpc) is 3.03. The number of aromatic amines is 1. The van der Waals surface area contributed by atoms with Crippen molar-refractivity contribution in [3.8, 4) is 0 Å². The van der Waals surface area contributed by atoms with Crippen LogP contribution in [0.3, 0.4) is 0 Å². The predicted molar refractivity (Wildman–Crippen MR) is 95.1 cm³/mol. The second-order valence-corrected chi connectivity index (χ2v) is 5.58. The summed E-state index contributed by atoms with van der Waals surface area (Å²) in [4.78, 5) is 23.4. The highest BCUT2D eigenvalue weighted by Crippen LogP contribution is 2.18. The third-order valence-corrected chi connectivity index (χ3v) is 3.81. The van der Waals surface area contributed by atoms with Crippen LogP contribution in [-0.2, 0) is 6.42 Å². The van der Waals surface area contributed by atoms with E-state index >= 15 is 0 Å². The van der Waals surface area contributed by atoms with Crippen molar-refractivity contribution in [2.45, 2.75) is 19.8 Å².